The van der Waals surface area contributed by atoms with Gasteiger partial charge in [-0.25, -0.2) is 0 Å². The van der Waals surface area contributed by atoms with Crippen molar-refractivity contribution in [2.24, 2.45) is 5.73 Å². The topological polar surface area (TPSA) is 49.6 Å². The second kappa shape index (κ2) is 7.65. The maximum Gasteiger partial charge on any atom is 0.236 e. The van der Waals surface area contributed by atoms with E-state index in [-0.39, 0.29) is 5.91 Å². The van der Waals surface area contributed by atoms with Crippen LogP contribution in [0.3, 0.4) is 0 Å². The Morgan fingerprint density at radius 2 is 2.00 bits per heavy atom. The van der Waals surface area contributed by atoms with Gasteiger partial charge >= 0.3 is 0 Å². The third-order valence-corrected chi connectivity index (χ3v) is 2.85. The minimum atomic E-state index is 0.172. The fourth-order valence-corrected chi connectivity index (χ4v) is 1.25. The number of carbonyl (C=O) groups excluding carboxylic acids is 1. The summed E-state index contributed by atoms with van der Waals surface area (Å²) in [5.41, 5.74) is 5.40. The van der Waals surface area contributed by atoms with Gasteiger partial charge < -0.3 is 10.6 Å². The molecule has 0 saturated carbocycles. The number of likely N-dealkylation sites (N-methyl/N-ethyl adjacent to an activating group) is 2. The van der Waals surface area contributed by atoms with Crippen LogP contribution in [0.1, 0.15) is 26.7 Å². The first-order valence-electron chi connectivity index (χ1n) is 5.67. The summed E-state index contributed by atoms with van der Waals surface area (Å²) in [6.45, 7) is 6.15. The van der Waals surface area contributed by atoms with Gasteiger partial charge in [0, 0.05) is 19.6 Å². The molecule has 0 saturated heterocycles. The number of carbonyl (C=O) groups is 1. The maximum atomic E-state index is 11.7. The predicted molar refractivity (Wildman–Crippen MR) is 63.7 cm³/mol. The first-order valence-corrected chi connectivity index (χ1v) is 5.67. The van der Waals surface area contributed by atoms with Crippen LogP contribution in [0.2, 0.25) is 0 Å². The molecular formula is C11H25N3O. The molecule has 2 N–H and O–H groups in total. The van der Waals surface area contributed by atoms with E-state index in [4.69, 9.17) is 5.73 Å². The van der Waals surface area contributed by atoms with Crippen molar-refractivity contribution >= 4 is 5.91 Å². The fraction of sp³-hybridized carbons (Fsp3) is 0.909. The molecular weight excluding hydrogens is 190 g/mol. The lowest BCUT2D eigenvalue weighted by molar-refractivity contribution is -0.131. The summed E-state index contributed by atoms with van der Waals surface area (Å²) < 4.78 is 0. The summed E-state index contributed by atoms with van der Waals surface area (Å²) in [5, 5.41) is 0. The fourth-order valence-electron chi connectivity index (χ4n) is 1.25. The highest BCUT2D eigenvalue weighted by atomic mass is 16.2. The molecule has 1 amide bonds. The van der Waals surface area contributed by atoms with Crippen LogP contribution < -0.4 is 5.73 Å². The van der Waals surface area contributed by atoms with Crippen LogP contribution >= 0.6 is 0 Å². The molecule has 0 rings (SSSR count). The van der Waals surface area contributed by atoms with Gasteiger partial charge in [0.1, 0.15) is 0 Å². The molecule has 1 atom stereocenters. The number of rotatable bonds is 7. The average Bonchev–Trinajstić information content (AvgIpc) is 2.24. The van der Waals surface area contributed by atoms with Crippen LogP contribution in [0, 0.1) is 0 Å². The van der Waals surface area contributed by atoms with E-state index in [2.05, 4.69) is 18.7 Å². The molecule has 0 heterocycles. The summed E-state index contributed by atoms with van der Waals surface area (Å²) in [6, 6.07) is 0.455. The zero-order chi connectivity index (χ0) is 11.8. The van der Waals surface area contributed by atoms with Gasteiger partial charge in [0.2, 0.25) is 5.91 Å². The number of amides is 1. The number of nitrogens with zero attached hydrogens (tertiary/aromatic N) is 2. The van der Waals surface area contributed by atoms with E-state index in [0.29, 0.717) is 19.1 Å². The molecule has 0 aromatic carbocycles. The smallest absolute Gasteiger partial charge is 0.236 e. The van der Waals surface area contributed by atoms with Gasteiger partial charge in [-0.3, -0.25) is 9.69 Å². The van der Waals surface area contributed by atoms with E-state index in [1.54, 1.807) is 4.90 Å². The second-order valence-electron chi connectivity index (χ2n) is 4.13. The first-order chi connectivity index (χ1) is 7.02. The Morgan fingerprint density at radius 1 is 1.40 bits per heavy atom. The van der Waals surface area contributed by atoms with Gasteiger partial charge in [0.05, 0.1) is 6.54 Å². The lowest BCUT2D eigenvalue weighted by atomic mass is 10.2. The summed E-state index contributed by atoms with van der Waals surface area (Å²) in [5.74, 6) is 0.172. The lowest BCUT2D eigenvalue weighted by Gasteiger charge is -2.25. The number of nitrogens with two attached hydrogens (primary N) is 1. The second-order valence-corrected chi connectivity index (χ2v) is 4.13. The molecule has 4 heteroatoms. The lowest BCUT2D eigenvalue weighted by Crippen LogP contribution is -2.40. The minimum Gasteiger partial charge on any atom is -0.345 e. The van der Waals surface area contributed by atoms with E-state index in [0.717, 1.165) is 19.4 Å². The van der Waals surface area contributed by atoms with Crippen LogP contribution in [0.5, 0.6) is 0 Å². The van der Waals surface area contributed by atoms with Crippen molar-refractivity contribution in [3.8, 4) is 0 Å². The molecule has 1 unspecified atom stereocenters. The number of hydrogen-bond donors (Lipinski definition) is 1. The van der Waals surface area contributed by atoms with Crippen LogP contribution in [0.25, 0.3) is 0 Å². The summed E-state index contributed by atoms with van der Waals surface area (Å²) in [4.78, 5) is 15.6. The Hall–Kier alpha value is -0.610. The van der Waals surface area contributed by atoms with E-state index in [1.807, 2.05) is 14.1 Å². The average molecular weight is 215 g/mol. The quantitative estimate of drug-likeness (QED) is 0.674. The molecule has 4 nitrogen and oxygen atoms in total. The van der Waals surface area contributed by atoms with Gasteiger partial charge in [-0.15, -0.1) is 0 Å². The Labute approximate surface area is 93.4 Å². The van der Waals surface area contributed by atoms with Crippen molar-refractivity contribution < 1.29 is 4.79 Å². The van der Waals surface area contributed by atoms with Gasteiger partial charge in [0.25, 0.3) is 0 Å². The van der Waals surface area contributed by atoms with Crippen LogP contribution in [0.4, 0.5) is 0 Å². The van der Waals surface area contributed by atoms with E-state index in [9.17, 15) is 4.79 Å². The minimum absolute atomic E-state index is 0.172. The normalized spacial score (nSPS) is 12.9. The molecule has 0 aromatic heterocycles. The Balaban J connectivity index is 3.90. The molecule has 0 fully saturated rings. The monoisotopic (exact) mass is 215 g/mol. The van der Waals surface area contributed by atoms with Crippen LogP contribution in [-0.4, -0.2) is 55.5 Å². The van der Waals surface area contributed by atoms with Crippen molar-refractivity contribution in [1.82, 2.24) is 9.80 Å². The summed E-state index contributed by atoms with van der Waals surface area (Å²) in [7, 11) is 3.82. The SMILES string of the molecule is CCC(C)N(C)CC(=O)N(C)CCCN. The molecule has 15 heavy (non-hydrogen) atoms. The molecule has 90 valence electrons. The van der Waals surface area contributed by atoms with E-state index >= 15 is 0 Å². The molecule has 0 radical (unpaired) electrons. The van der Waals surface area contributed by atoms with Crippen molar-refractivity contribution in [2.75, 3.05) is 33.7 Å². The molecule has 0 bridgehead atoms. The highest BCUT2D eigenvalue weighted by molar-refractivity contribution is 5.77. The summed E-state index contributed by atoms with van der Waals surface area (Å²) >= 11 is 0. The van der Waals surface area contributed by atoms with Gasteiger partial charge in [-0.2, -0.15) is 0 Å². The third-order valence-electron chi connectivity index (χ3n) is 2.85. The zero-order valence-corrected chi connectivity index (χ0v) is 10.5. The summed E-state index contributed by atoms with van der Waals surface area (Å²) in [6.07, 6.45) is 1.94. The van der Waals surface area contributed by atoms with E-state index < -0.39 is 0 Å². The highest BCUT2D eigenvalue weighted by Gasteiger charge is 2.14. The van der Waals surface area contributed by atoms with Crippen molar-refractivity contribution in [2.45, 2.75) is 32.7 Å². The largest absolute Gasteiger partial charge is 0.345 e. The molecule has 0 aromatic rings. The molecule has 0 aliphatic carbocycles. The predicted octanol–water partition coefficient (Wildman–Crippen LogP) is 0.524. The third kappa shape index (κ3) is 5.74. The molecule has 0 aliphatic rings. The zero-order valence-electron chi connectivity index (χ0n) is 10.5. The van der Waals surface area contributed by atoms with Crippen LogP contribution in [0.15, 0.2) is 0 Å². The van der Waals surface area contributed by atoms with E-state index in [1.165, 1.54) is 0 Å². The number of hydrogen-bond acceptors (Lipinski definition) is 3. The van der Waals surface area contributed by atoms with Crippen molar-refractivity contribution in [3.05, 3.63) is 0 Å². The van der Waals surface area contributed by atoms with Gasteiger partial charge in [-0.05, 0) is 33.4 Å². The van der Waals surface area contributed by atoms with Gasteiger partial charge in [0.15, 0.2) is 0 Å². The van der Waals surface area contributed by atoms with Crippen LogP contribution in [-0.2, 0) is 4.79 Å². The van der Waals surface area contributed by atoms with Crippen molar-refractivity contribution in [3.63, 3.8) is 0 Å². The standard InChI is InChI=1S/C11H25N3O/c1-5-10(2)14(4)9-11(15)13(3)8-6-7-12/h10H,5-9,12H2,1-4H3. The highest BCUT2D eigenvalue weighted by Crippen LogP contribution is 2.00. The van der Waals surface area contributed by atoms with Gasteiger partial charge in [-0.1, -0.05) is 6.92 Å². The van der Waals surface area contributed by atoms with Crippen molar-refractivity contribution in [1.29, 1.82) is 0 Å². The molecule has 0 spiro atoms. The Morgan fingerprint density at radius 3 is 2.47 bits per heavy atom. The first kappa shape index (κ1) is 14.4. The maximum absolute atomic E-state index is 11.7. The molecule has 0 aliphatic heterocycles. The Bertz CT molecular complexity index is 185. The Kier molecular flexibility index (Phi) is 7.34.